The van der Waals surface area contributed by atoms with Crippen LogP contribution in [0.5, 0.6) is 0 Å². The number of hydrogen-bond acceptors (Lipinski definition) is 5. The largest absolute Gasteiger partial charge is 0.465 e. The van der Waals surface area contributed by atoms with Crippen molar-refractivity contribution in [2.75, 3.05) is 12.4 Å². The number of thioether (sulfide) groups is 1. The second-order valence-electron chi connectivity index (χ2n) is 5.66. The van der Waals surface area contributed by atoms with Gasteiger partial charge in [-0.3, -0.25) is 9.59 Å². The molecule has 7 heteroatoms. The molecule has 0 aliphatic heterocycles. The zero-order valence-corrected chi connectivity index (χ0v) is 16.6. The third kappa shape index (κ3) is 5.30. The fourth-order valence-electron chi connectivity index (χ4n) is 2.53. The first-order valence-electron chi connectivity index (χ1n) is 8.66. The van der Waals surface area contributed by atoms with Gasteiger partial charge in [0, 0.05) is 17.1 Å². The van der Waals surface area contributed by atoms with Gasteiger partial charge in [0.05, 0.1) is 16.8 Å². The summed E-state index contributed by atoms with van der Waals surface area (Å²) >= 11 is 3.03. The summed E-state index contributed by atoms with van der Waals surface area (Å²) in [4.78, 5) is 30.2. The van der Waals surface area contributed by atoms with E-state index in [1.807, 2.05) is 54.6 Å². The van der Waals surface area contributed by atoms with Crippen molar-refractivity contribution in [1.29, 1.82) is 0 Å². The maximum atomic E-state index is 12.3. The minimum atomic E-state index is -0.338. The van der Waals surface area contributed by atoms with Gasteiger partial charge in [0.2, 0.25) is 5.91 Å². The van der Waals surface area contributed by atoms with Gasteiger partial charge in [-0.25, -0.2) is 0 Å². The van der Waals surface area contributed by atoms with Gasteiger partial charge in [-0.05, 0) is 31.2 Å². The Bertz CT molecular complexity index is 993. The Balaban J connectivity index is 1.77. The van der Waals surface area contributed by atoms with E-state index in [1.165, 1.54) is 11.3 Å². The van der Waals surface area contributed by atoms with Crippen LogP contribution in [0.3, 0.4) is 0 Å². The molecule has 0 saturated carbocycles. The topological polar surface area (TPSA) is 60.7 Å². The van der Waals surface area contributed by atoms with Gasteiger partial charge in [-0.2, -0.15) is 4.99 Å². The highest BCUT2D eigenvalue weighted by atomic mass is 32.2. The summed E-state index contributed by atoms with van der Waals surface area (Å²) < 4.78 is 7.78. The summed E-state index contributed by atoms with van der Waals surface area (Å²) in [5.41, 5.74) is 0.876. The Hall–Kier alpha value is -2.38. The van der Waals surface area contributed by atoms with E-state index in [4.69, 9.17) is 4.74 Å². The lowest BCUT2D eigenvalue weighted by Gasteiger charge is -2.05. The summed E-state index contributed by atoms with van der Waals surface area (Å²) in [6.07, 6.45) is 0.340. The van der Waals surface area contributed by atoms with Crippen molar-refractivity contribution in [1.82, 2.24) is 4.57 Å². The van der Waals surface area contributed by atoms with Gasteiger partial charge >= 0.3 is 5.97 Å². The maximum absolute atomic E-state index is 12.3. The molecule has 1 amide bonds. The lowest BCUT2D eigenvalue weighted by Crippen LogP contribution is -2.23. The second-order valence-corrected chi connectivity index (χ2v) is 7.84. The molecule has 27 heavy (non-hydrogen) atoms. The number of ether oxygens (including phenoxy) is 1. The third-order valence-electron chi connectivity index (χ3n) is 3.73. The molecule has 1 heterocycles. The number of aromatic nitrogens is 1. The van der Waals surface area contributed by atoms with Crippen molar-refractivity contribution in [2.45, 2.75) is 24.8 Å². The number of fused-ring (bicyclic) bond motifs is 1. The fourth-order valence-corrected chi connectivity index (χ4v) is 4.44. The zero-order valence-electron chi connectivity index (χ0n) is 15.0. The number of thiazole rings is 1. The fraction of sp³-hybridized carbons (Fsp3) is 0.250. The van der Waals surface area contributed by atoms with Gasteiger partial charge in [0.1, 0.15) is 6.54 Å². The van der Waals surface area contributed by atoms with E-state index in [0.29, 0.717) is 23.6 Å². The Morgan fingerprint density at radius 2 is 1.85 bits per heavy atom. The highest BCUT2D eigenvalue weighted by Crippen LogP contribution is 2.19. The molecular formula is C20H20N2O3S2. The van der Waals surface area contributed by atoms with Crippen LogP contribution < -0.4 is 4.80 Å². The average molecular weight is 401 g/mol. The molecule has 5 nitrogen and oxygen atoms in total. The van der Waals surface area contributed by atoms with Crippen molar-refractivity contribution in [3.63, 3.8) is 0 Å². The molecule has 3 rings (SSSR count). The Kier molecular flexibility index (Phi) is 6.84. The van der Waals surface area contributed by atoms with Crippen LogP contribution in [0.15, 0.2) is 64.5 Å². The number of rotatable bonds is 7. The molecule has 0 spiro atoms. The quantitative estimate of drug-likeness (QED) is 0.446. The van der Waals surface area contributed by atoms with Crippen LogP contribution in [-0.4, -0.2) is 28.8 Å². The van der Waals surface area contributed by atoms with Crippen LogP contribution in [0.1, 0.15) is 13.3 Å². The van der Waals surface area contributed by atoms with E-state index in [-0.39, 0.29) is 18.4 Å². The van der Waals surface area contributed by atoms with Crippen LogP contribution in [0.4, 0.5) is 0 Å². The van der Waals surface area contributed by atoms with Crippen LogP contribution in [0.2, 0.25) is 0 Å². The molecule has 0 atom stereocenters. The summed E-state index contributed by atoms with van der Waals surface area (Å²) in [6.45, 7) is 2.14. The normalized spacial score (nSPS) is 11.7. The summed E-state index contributed by atoms with van der Waals surface area (Å²) in [5.74, 6) is 0.131. The Morgan fingerprint density at radius 1 is 1.11 bits per heavy atom. The minimum absolute atomic E-state index is 0.0444. The maximum Gasteiger partial charge on any atom is 0.326 e. The average Bonchev–Trinajstić information content (AvgIpc) is 3.00. The molecule has 0 aliphatic carbocycles. The number of nitrogens with zero attached hydrogens (tertiary/aromatic N) is 2. The zero-order chi connectivity index (χ0) is 19.1. The lowest BCUT2D eigenvalue weighted by molar-refractivity contribution is -0.143. The molecule has 140 valence electrons. The molecule has 0 unspecified atom stereocenters. The van der Waals surface area contributed by atoms with Crippen molar-refractivity contribution in [3.05, 3.63) is 59.4 Å². The molecular weight excluding hydrogens is 380 g/mol. The summed E-state index contributed by atoms with van der Waals surface area (Å²) in [5, 5.41) is 0. The third-order valence-corrected chi connectivity index (χ3v) is 5.80. The summed E-state index contributed by atoms with van der Waals surface area (Å²) in [7, 11) is 0. The number of benzene rings is 2. The van der Waals surface area contributed by atoms with E-state index in [0.717, 1.165) is 15.1 Å². The predicted octanol–water partition coefficient (Wildman–Crippen LogP) is 3.88. The first-order valence-corrected chi connectivity index (χ1v) is 10.5. The van der Waals surface area contributed by atoms with Crippen molar-refractivity contribution >= 4 is 45.2 Å². The molecule has 1 aromatic heterocycles. The standard InChI is InChI=1S/C20H20N2O3S2/c1-2-25-19(24)14-22-16-10-6-7-11-17(16)27-20(22)21-18(23)12-13-26-15-8-4-3-5-9-15/h3-11H,2,12-14H2,1H3. The number of carbonyl (C=O) groups is 2. The number of amides is 1. The monoisotopic (exact) mass is 400 g/mol. The second kappa shape index (κ2) is 9.53. The molecule has 0 N–H and O–H groups in total. The van der Waals surface area contributed by atoms with Gasteiger partial charge in [0.15, 0.2) is 4.80 Å². The van der Waals surface area contributed by atoms with Crippen LogP contribution in [0, 0.1) is 0 Å². The molecule has 2 aromatic carbocycles. The van der Waals surface area contributed by atoms with E-state index in [9.17, 15) is 9.59 Å². The molecule has 0 radical (unpaired) electrons. The first kappa shape index (κ1) is 19.4. The summed E-state index contributed by atoms with van der Waals surface area (Å²) in [6, 6.07) is 17.7. The Morgan fingerprint density at radius 3 is 2.63 bits per heavy atom. The highest BCUT2D eigenvalue weighted by Gasteiger charge is 2.12. The molecule has 0 aliphatic rings. The van der Waals surface area contributed by atoms with Crippen LogP contribution >= 0.6 is 23.1 Å². The molecule has 3 aromatic rings. The number of esters is 1. The predicted molar refractivity (Wildman–Crippen MR) is 109 cm³/mol. The van der Waals surface area contributed by atoms with Crippen LogP contribution in [-0.2, 0) is 20.9 Å². The highest BCUT2D eigenvalue weighted by molar-refractivity contribution is 7.99. The minimum Gasteiger partial charge on any atom is -0.465 e. The van der Waals surface area contributed by atoms with Gasteiger partial charge in [0.25, 0.3) is 0 Å². The van der Waals surface area contributed by atoms with E-state index >= 15 is 0 Å². The number of para-hydroxylation sites is 1. The van der Waals surface area contributed by atoms with Crippen molar-refractivity contribution < 1.29 is 14.3 Å². The Labute approximate surface area is 165 Å². The number of hydrogen-bond donors (Lipinski definition) is 0. The molecule has 0 bridgehead atoms. The smallest absolute Gasteiger partial charge is 0.326 e. The van der Waals surface area contributed by atoms with Crippen molar-refractivity contribution in [2.24, 2.45) is 4.99 Å². The van der Waals surface area contributed by atoms with E-state index in [1.54, 1.807) is 23.3 Å². The first-order chi connectivity index (χ1) is 13.2. The van der Waals surface area contributed by atoms with Gasteiger partial charge in [-0.1, -0.05) is 41.7 Å². The van der Waals surface area contributed by atoms with Crippen LogP contribution in [0.25, 0.3) is 10.2 Å². The van der Waals surface area contributed by atoms with E-state index < -0.39 is 0 Å². The van der Waals surface area contributed by atoms with Gasteiger partial charge in [-0.15, -0.1) is 11.8 Å². The van der Waals surface area contributed by atoms with Crippen molar-refractivity contribution in [3.8, 4) is 0 Å². The van der Waals surface area contributed by atoms with Gasteiger partial charge < -0.3 is 9.30 Å². The van der Waals surface area contributed by atoms with E-state index in [2.05, 4.69) is 4.99 Å². The lowest BCUT2D eigenvalue weighted by atomic mass is 10.3. The number of carbonyl (C=O) groups excluding carboxylic acids is 2. The SMILES string of the molecule is CCOC(=O)Cn1c(=NC(=O)CCSc2ccccc2)sc2ccccc21. The molecule has 0 fully saturated rings. The molecule has 0 saturated heterocycles.